The number of alkyl carbamates (subject to hydrolysis) is 1. The van der Waals surface area contributed by atoms with E-state index in [-0.39, 0.29) is 19.1 Å². The predicted octanol–water partition coefficient (Wildman–Crippen LogP) is 1.13. The van der Waals surface area contributed by atoms with Gasteiger partial charge >= 0.3 is 18.0 Å². The zero-order valence-corrected chi connectivity index (χ0v) is 12.7. The smallest absolute Gasteiger partial charge is 0.415 e. The molecule has 1 aromatic rings. The van der Waals surface area contributed by atoms with E-state index in [1.807, 2.05) is 37.3 Å². The van der Waals surface area contributed by atoms with Gasteiger partial charge in [-0.1, -0.05) is 37.3 Å². The average Bonchev–Trinajstić information content (AvgIpc) is 2.56. The van der Waals surface area contributed by atoms with Gasteiger partial charge in [-0.3, -0.25) is 0 Å². The predicted molar refractivity (Wildman–Crippen MR) is 81.5 cm³/mol. The lowest BCUT2D eigenvalue weighted by Crippen LogP contribution is -2.29. The zero-order chi connectivity index (χ0) is 17.1. The fourth-order valence-corrected chi connectivity index (χ4v) is 1.63. The molecule has 0 aliphatic heterocycles. The third-order valence-corrected chi connectivity index (χ3v) is 2.81. The molecule has 0 heterocycles. The third kappa shape index (κ3) is 7.77. The minimum atomic E-state index is -0.990. The molecule has 0 saturated carbocycles. The van der Waals surface area contributed by atoms with Crippen LogP contribution < -0.4 is 5.32 Å². The van der Waals surface area contributed by atoms with Gasteiger partial charge in [-0.2, -0.15) is 0 Å². The molecular formula is C16H19NO6. The lowest BCUT2D eigenvalue weighted by atomic mass is 10.0. The van der Waals surface area contributed by atoms with Crippen molar-refractivity contribution in [3.8, 4) is 0 Å². The van der Waals surface area contributed by atoms with Gasteiger partial charge in [-0.25, -0.2) is 14.4 Å². The van der Waals surface area contributed by atoms with Crippen LogP contribution in [0.1, 0.15) is 18.4 Å². The number of rotatable bonds is 7. The number of ether oxygens (including phenoxy) is 2. The molecule has 0 bridgehead atoms. The second-order valence-electron chi connectivity index (χ2n) is 4.63. The molecule has 0 aliphatic carbocycles. The van der Waals surface area contributed by atoms with Crippen LogP contribution in [-0.2, 0) is 19.1 Å². The van der Waals surface area contributed by atoms with Crippen LogP contribution in [0.25, 0.3) is 0 Å². The van der Waals surface area contributed by atoms with Crippen molar-refractivity contribution in [1.29, 1.82) is 0 Å². The molecule has 0 spiro atoms. The van der Waals surface area contributed by atoms with Gasteiger partial charge in [-0.05, 0) is 11.5 Å². The zero-order valence-electron chi connectivity index (χ0n) is 12.7. The largest absolute Gasteiger partial charge is 0.460 e. The van der Waals surface area contributed by atoms with E-state index >= 15 is 0 Å². The van der Waals surface area contributed by atoms with Crippen LogP contribution in [0.15, 0.2) is 42.5 Å². The Morgan fingerprint density at radius 2 is 1.83 bits per heavy atom. The van der Waals surface area contributed by atoms with Crippen LogP contribution in [0.2, 0.25) is 0 Å². The number of hydrogen-bond donors (Lipinski definition) is 2. The molecule has 1 atom stereocenters. The molecule has 7 heteroatoms. The second kappa shape index (κ2) is 10.1. The Morgan fingerprint density at radius 1 is 1.17 bits per heavy atom. The molecule has 0 radical (unpaired) electrons. The summed E-state index contributed by atoms with van der Waals surface area (Å²) in [5, 5.41) is 10.9. The summed E-state index contributed by atoms with van der Waals surface area (Å²) in [6.07, 6.45) is 0.698. The van der Waals surface area contributed by atoms with E-state index in [1.165, 1.54) is 0 Å². The number of carbonyl (C=O) groups is 3. The van der Waals surface area contributed by atoms with Crippen LogP contribution in [0.3, 0.4) is 0 Å². The van der Waals surface area contributed by atoms with Crippen molar-refractivity contribution in [2.24, 2.45) is 0 Å². The summed E-state index contributed by atoms with van der Waals surface area (Å²) in [5.41, 5.74) is 1.05. The number of esters is 2. The van der Waals surface area contributed by atoms with Crippen molar-refractivity contribution in [3.63, 3.8) is 0 Å². The summed E-state index contributed by atoms with van der Waals surface area (Å²) in [5.74, 6) is -1.74. The van der Waals surface area contributed by atoms with Crippen LogP contribution >= 0.6 is 0 Å². The number of aliphatic hydroxyl groups excluding tert-OH is 1. The van der Waals surface area contributed by atoms with Gasteiger partial charge in [0.05, 0.1) is 6.61 Å². The first-order valence-corrected chi connectivity index (χ1v) is 7.03. The lowest BCUT2D eigenvalue weighted by Gasteiger charge is -2.12. The normalized spacial score (nSPS) is 11.7. The molecule has 0 aliphatic rings. The van der Waals surface area contributed by atoms with Gasteiger partial charge in [0, 0.05) is 18.7 Å². The topological polar surface area (TPSA) is 102 Å². The van der Waals surface area contributed by atoms with Gasteiger partial charge in [0.15, 0.2) is 0 Å². The van der Waals surface area contributed by atoms with Gasteiger partial charge in [0.1, 0.15) is 6.61 Å². The highest BCUT2D eigenvalue weighted by Gasteiger charge is 2.11. The minimum Gasteiger partial charge on any atom is -0.460 e. The highest BCUT2D eigenvalue weighted by Crippen LogP contribution is 2.12. The first-order chi connectivity index (χ1) is 11.0. The van der Waals surface area contributed by atoms with Crippen LogP contribution in [0.4, 0.5) is 4.79 Å². The number of aliphatic hydroxyl groups is 1. The minimum absolute atomic E-state index is 0.0582. The SMILES string of the molecule is CC(CNC(=O)OC(=O)/C=C\C(=O)OCCO)c1ccccc1. The summed E-state index contributed by atoms with van der Waals surface area (Å²) in [4.78, 5) is 33.8. The van der Waals surface area contributed by atoms with Crippen molar-refractivity contribution >= 4 is 18.0 Å². The molecule has 1 amide bonds. The first-order valence-electron chi connectivity index (χ1n) is 7.03. The molecule has 0 fully saturated rings. The quantitative estimate of drug-likeness (QED) is 0.443. The van der Waals surface area contributed by atoms with E-state index in [0.29, 0.717) is 6.54 Å². The van der Waals surface area contributed by atoms with Crippen molar-refractivity contribution in [2.45, 2.75) is 12.8 Å². The maximum atomic E-state index is 11.5. The fourth-order valence-electron chi connectivity index (χ4n) is 1.63. The maximum Gasteiger partial charge on any atom is 0.415 e. The lowest BCUT2D eigenvalue weighted by molar-refractivity contribution is -0.139. The Balaban J connectivity index is 2.31. The highest BCUT2D eigenvalue weighted by molar-refractivity contribution is 5.96. The first kappa shape index (κ1) is 18.4. The van der Waals surface area contributed by atoms with E-state index in [2.05, 4.69) is 14.8 Å². The van der Waals surface area contributed by atoms with E-state index in [9.17, 15) is 14.4 Å². The van der Waals surface area contributed by atoms with E-state index < -0.39 is 18.0 Å². The summed E-state index contributed by atoms with van der Waals surface area (Å²) in [7, 11) is 0. The Labute approximate surface area is 133 Å². The Hall–Kier alpha value is -2.67. The third-order valence-electron chi connectivity index (χ3n) is 2.81. The van der Waals surface area contributed by atoms with E-state index in [4.69, 9.17) is 5.11 Å². The average molecular weight is 321 g/mol. The van der Waals surface area contributed by atoms with Crippen molar-refractivity contribution < 1.29 is 29.0 Å². The molecule has 2 N–H and O–H groups in total. The fraction of sp³-hybridized carbons (Fsp3) is 0.312. The molecule has 0 aromatic heterocycles. The summed E-state index contributed by atoms with van der Waals surface area (Å²) < 4.78 is 8.95. The van der Waals surface area contributed by atoms with Gasteiger partial charge < -0.3 is 19.9 Å². The summed E-state index contributed by atoms with van der Waals surface area (Å²) in [6, 6.07) is 9.56. The van der Waals surface area contributed by atoms with Crippen molar-refractivity contribution in [3.05, 3.63) is 48.0 Å². The Bertz CT molecular complexity index is 555. The monoisotopic (exact) mass is 321 g/mol. The van der Waals surface area contributed by atoms with Crippen molar-refractivity contribution in [1.82, 2.24) is 5.32 Å². The molecular weight excluding hydrogens is 302 g/mol. The Kier molecular flexibility index (Phi) is 8.09. The van der Waals surface area contributed by atoms with Gasteiger partial charge in [0.2, 0.25) is 0 Å². The molecule has 1 aromatic carbocycles. The van der Waals surface area contributed by atoms with Crippen LogP contribution in [-0.4, -0.2) is 42.9 Å². The number of nitrogens with one attached hydrogen (secondary N) is 1. The summed E-state index contributed by atoms with van der Waals surface area (Å²) >= 11 is 0. The van der Waals surface area contributed by atoms with Crippen LogP contribution in [0, 0.1) is 0 Å². The van der Waals surface area contributed by atoms with E-state index in [1.54, 1.807) is 0 Å². The van der Waals surface area contributed by atoms with Gasteiger partial charge in [0.25, 0.3) is 0 Å². The van der Waals surface area contributed by atoms with E-state index in [0.717, 1.165) is 17.7 Å². The molecule has 124 valence electrons. The van der Waals surface area contributed by atoms with Crippen molar-refractivity contribution in [2.75, 3.05) is 19.8 Å². The molecule has 0 saturated heterocycles. The maximum absolute atomic E-state index is 11.5. The molecule has 1 unspecified atom stereocenters. The Morgan fingerprint density at radius 3 is 2.48 bits per heavy atom. The number of amides is 1. The number of carbonyl (C=O) groups excluding carboxylic acids is 3. The number of benzene rings is 1. The number of hydrogen-bond acceptors (Lipinski definition) is 6. The molecule has 23 heavy (non-hydrogen) atoms. The standard InChI is InChI=1S/C16H19NO6/c1-12(13-5-3-2-4-6-13)11-17-16(21)23-15(20)8-7-14(19)22-10-9-18/h2-8,12,18H,9-11H2,1H3,(H,17,21)/b8-7-. The highest BCUT2D eigenvalue weighted by atomic mass is 16.6. The summed E-state index contributed by atoms with van der Waals surface area (Å²) in [6.45, 7) is 1.75. The second-order valence-corrected chi connectivity index (χ2v) is 4.63. The van der Waals surface area contributed by atoms with Gasteiger partial charge in [-0.15, -0.1) is 0 Å². The molecule has 1 rings (SSSR count). The molecule has 7 nitrogen and oxygen atoms in total. The van der Waals surface area contributed by atoms with Crippen LogP contribution in [0.5, 0.6) is 0 Å².